The van der Waals surface area contributed by atoms with E-state index in [1.54, 1.807) is 18.2 Å². The monoisotopic (exact) mass is 1030 g/mol. The molecule has 2 aliphatic heterocycles. The summed E-state index contributed by atoms with van der Waals surface area (Å²) < 4.78 is 5.22. The summed E-state index contributed by atoms with van der Waals surface area (Å²) in [5.74, 6) is -0.514. The number of pyridine rings is 2. The van der Waals surface area contributed by atoms with Crippen LogP contribution in [-0.2, 0) is 9.66 Å². The second-order valence-corrected chi connectivity index (χ2v) is 45.6. The van der Waals surface area contributed by atoms with E-state index in [1.807, 2.05) is 52.8 Å². The molecule has 0 aliphatic carbocycles. The van der Waals surface area contributed by atoms with E-state index in [9.17, 15) is 9.59 Å². The Balaban J connectivity index is 0. The number of carboxylic acids is 1. The van der Waals surface area contributed by atoms with Crippen LogP contribution in [0.2, 0.25) is 0 Å². The molecule has 0 bridgehead atoms. The summed E-state index contributed by atoms with van der Waals surface area (Å²) in [7, 11) is 4.24. The number of halogens is 3. The van der Waals surface area contributed by atoms with Crippen molar-refractivity contribution in [3.05, 3.63) is 82.8 Å². The van der Waals surface area contributed by atoms with Crippen molar-refractivity contribution in [3.8, 4) is 0 Å². The average Bonchev–Trinajstić information content (AvgIpc) is 3.06. The number of carboxylic acid groups (broad SMARTS) is 1. The van der Waals surface area contributed by atoms with Gasteiger partial charge < -0.3 is 19.6 Å². The van der Waals surface area contributed by atoms with E-state index in [-0.39, 0.29) is 24.6 Å². The summed E-state index contributed by atoms with van der Waals surface area (Å²) in [5.41, 5.74) is 8.51. The van der Waals surface area contributed by atoms with Crippen LogP contribution in [0.25, 0.3) is 0 Å². The molecular weight excluding hydrogens is 972 g/mol. The first-order chi connectivity index (χ1) is 22.0. The molecule has 47 heavy (non-hydrogen) atoms. The first kappa shape index (κ1) is 48.3. The Labute approximate surface area is 322 Å². The van der Waals surface area contributed by atoms with E-state index < -0.39 is 11.9 Å². The second-order valence-electron chi connectivity index (χ2n) is 10.2. The van der Waals surface area contributed by atoms with E-state index in [4.69, 9.17) is 9.84 Å². The van der Waals surface area contributed by atoms with Gasteiger partial charge in [-0.2, -0.15) is 0 Å². The van der Waals surface area contributed by atoms with Gasteiger partial charge in [0.25, 0.3) is 0 Å². The summed E-state index contributed by atoms with van der Waals surface area (Å²) in [6.45, 7) is 17.7. The quantitative estimate of drug-likeness (QED) is 0.174. The zero-order chi connectivity index (χ0) is 35.1. The molecule has 1 N–H and O–H groups in total. The fourth-order valence-corrected chi connectivity index (χ4v) is 4.63. The molecule has 0 atom stereocenters. The van der Waals surface area contributed by atoms with E-state index in [1.165, 1.54) is 0 Å². The zero-order valence-electron chi connectivity index (χ0n) is 28.2. The molecule has 0 amide bonds. The number of rotatable bonds is 6. The molecule has 0 saturated carbocycles. The standard InChI is InChI=1S/C18H22N2O2.C12H16N2O2.2C2H6.CH4.3HI.V/c1-4-6-14(2)13-22-18(21)17-8-5-7-16(19-17)15-9-11-20(3)12-10-15;1-14-7-5-9(6-8-14)10-3-2-4-11(13-10)12(15)16;2*1-2;;;;;/h5,7-8,15H,1,9-13H2,2-3H3;2-4,9H,5-8H2,1H3,(H,15,16);2*1-2H3;1H4;3*1H;/q;;;;;;;;+3/p-3. The van der Waals surface area contributed by atoms with Crippen molar-refractivity contribution in [1.82, 2.24) is 19.8 Å². The van der Waals surface area contributed by atoms with Crippen molar-refractivity contribution in [2.45, 2.75) is 79.6 Å². The van der Waals surface area contributed by atoms with E-state index in [0.717, 1.165) is 68.8 Å². The number of aromatic carboxylic acids is 1. The molecule has 2 saturated heterocycles. The zero-order valence-corrected chi connectivity index (χ0v) is 36.1. The maximum atomic E-state index is 12.1. The summed E-state index contributed by atoms with van der Waals surface area (Å²) in [6.07, 6.45) is 4.28. The normalized spacial score (nSPS) is 14.7. The molecule has 0 unspecified atom stereocenters. The topological polar surface area (TPSA) is 95.9 Å². The molecular formula is C35H54I3N4O4V. The molecule has 2 aromatic rings. The Kier molecular flexibility index (Phi) is 29.8. The van der Waals surface area contributed by atoms with Crippen LogP contribution in [0, 0.1) is 0 Å². The van der Waals surface area contributed by atoms with Gasteiger partial charge >= 0.3 is 76.8 Å². The maximum absolute atomic E-state index is 12.1. The fraction of sp³-hybridized carbons (Fsp3) is 0.543. The Hall–Kier alpha value is -0.766. The molecule has 2 fully saturated rings. The van der Waals surface area contributed by atoms with Crippen LogP contribution >= 0.6 is 59.9 Å². The molecule has 12 heteroatoms. The summed E-state index contributed by atoms with van der Waals surface area (Å²) >= 11 is 7.39. The summed E-state index contributed by atoms with van der Waals surface area (Å²) in [5, 5.41) is 8.88. The van der Waals surface area contributed by atoms with Crippen molar-refractivity contribution in [2.24, 2.45) is 0 Å². The molecule has 0 spiro atoms. The van der Waals surface area contributed by atoms with Gasteiger partial charge in [-0.1, -0.05) is 58.7 Å². The van der Waals surface area contributed by atoms with Gasteiger partial charge in [-0.3, -0.25) is 0 Å². The molecule has 4 heterocycles. The molecule has 0 aromatic carbocycles. The fourth-order valence-electron chi connectivity index (χ4n) is 4.63. The molecule has 0 radical (unpaired) electrons. The minimum absolute atomic E-state index is 0. The Morgan fingerprint density at radius 3 is 1.64 bits per heavy atom. The van der Waals surface area contributed by atoms with Gasteiger partial charge in [-0.25, -0.2) is 19.6 Å². The summed E-state index contributed by atoms with van der Waals surface area (Å²) in [4.78, 5) is 35.9. The van der Waals surface area contributed by atoms with Crippen molar-refractivity contribution in [1.29, 1.82) is 0 Å². The van der Waals surface area contributed by atoms with Crippen LogP contribution in [0.15, 0.2) is 60.0 Å². The van der Waals surface area contributed by atoms with Gasteiger partial charge in [-0.05, 0) is 104 Å². The Morgan fingerprint density at radius 1 is 0.872 bits per heavy atom. The van der Waals surface area contributed by atoms with Gasteiger partial charge in [0.1, 0.15) is 18.0 Å². The van der Waals surface area contributed by atoms with Gasteiger partial charge in [0.2, 0.25) is 0 Å². The molecule has 264 valence electrons. The number of carbonyl (C=O) groups is 2. The predicted octanol–water partition coefficient (Wildman–Crippen LogP) is 9.87. The van der Waals surface area contributed by atoms with Crippen LogP contribution in [0.4, 0.5) is 0 Å². The van der Waals surface area contributed by atoms with Crippen LogP contribution in [0.1, 0.15) is 112 Å². The number of esters is 1. The van der Waals surface area contributed by atoms with Crippen molar-refractivity contribution in [2.75, 3.05) is 46.9 Å². The van der Waals surface area contributed by atoms with Crippen LogP contribution in [-0.4, -0.2) is 83.7 Å². The number of hydrogen-bond donors (Lipinski definition) is 1. The third-order valence-corrected chi connectivity index (χ3v) is 6.96. The number of nitrogens with zero attached hydrogens (tertiary/aromatic N) is 4. The van der Waals surface area contributed by atoms with E-state index in [0.29, 0.717) is 17.5 Å². The summed E-state index contributed by atoms with van der Waals surface area (Å²) in [6, 6.07) is 10.8. The number of hydrogen-bond acceptors (Lipinski definition) is 7. The first-order valence-corrected chi connectivity index (χ1v) is 29.1. The van der Waals surface area contributed by atoms with Crippen molar-refractivity contribution < 1.29 is 24.4 Å². The van der Waals surface area contributed by atoms with E-state index >= 15 is 0 Å². The number of ether oxygens (including phenoxy) is 1. The van der Waals surface area contributed by atoms with E-state index in [2.05, 4.69) is 112 Å². The third-order valence-electron chi connectivity index (χ3n) is 6.96. The Bertz CT molecular complexity index is 1250. The van der Waals surface area contributed by atoms with Gasteiger partial charge in [0.15, 0.2) is 0 Å². The predicted molar refractivity (Wildman–Crippen MR) is 218 cm³/mol. The van der Waals surface area contributed by atoms with Gasteiger partial charge in [-0.15, -0.1) is 0 Å². The molecule has 2 aromatic heterocycles. The van der Waals surface area contributed by atoms with Crippen LogP contribution in [0.5, 0.6) is 0 Å². The SMILES string of the molecule is C.C=C=C=C(C)COC(=O)c1cccc(C2CCN(C)CC2)n1.CC.CC.CN1CCC(c2cccc(C(=O)O)n2)CC1.[I][V]([I])[I]. The van der Waals surface area contributed by atoms with Gasteiger partial charge in [0.05, 0.1) is 0 Å². The molecule has 8 nitrogen and oxygen atoms in total. The molecule has 2 aliphatic rings. The number of likely N-dealkylation sites (tertiary alicyclic amines) is 2. The number of aromatic nitrogens is 2. The Morgan fingerprint density at radius 2 is 1.26 bits per heavy atom. The number of piperidine rings is 2. The second kappa shape index (κ2) is 29.0. The average molecular weight is 1030 g/mol. The third kappa shape index (κ3) is 21.1. The van der Waals surface area contributed by atoms with Crippen LogP contribution < -0.4 is 0 Å². The van der Waals surface area contributed by atoms with Crippen molar-refractivity contribution >= 4 is 71.9 Å². The first-order valence-electron chi connectivity index (χ1n) is 15.6. The molecule has 4 rings (SSSR count). The van der Waals surface area contributed by atoms with Crippen molar-refractivity contribution in [3.63, 3.8) is 0 Å². The number of carbonyl (C=O) groups excluding carboxylic acids is 1. The van der Waals surface area contributed by atoms with Gasteiger partial charge in [0, 0.05) is 28.8 Å². The minimum atomic E-state index is -0.949. The van der Waals surface area contributed by atoms with Crippen LogP contribution in [0.3, 0.4) is 0 Å².